The van der Waals surface area contributed by atoms with Gasteiger partial charge < -0.3 is 4.74 Å². The molecule has 4 heteroatoms. The predicted molar refractivity (Wildman–Crippen MR) is 65.0 cm³/mol. The van der Waals surface area contributed by atoms with Gasteiger partial charge in [0.25, 0.3) is 0 Å². The van der Waals surface area contributed by atoms with E-state index in [0.717, 1.165) is 11.3 Å². The first-order valence-corrected chi connectivity index (χ1v) is 6.11. The molecule has 2 amide bonds. The van der Waals surface area contributed by atoms with Gasteiger partial charge in [-0.05, 0) is 37.0 Å². The molecule has 1 aromatic carbocycles. The summed E-state index contributed by atoms with van der Waals surface area (Å²) in [7, 11) is 1.63. The first-order chi connectivity index (χ1) is 8.63. The Morgan fingerprint density at radius 1 is 1.28 bits per heavy atom. The van der Waals surface area contributed by atoms with Crippen LogP contribution in [0.15, 0.2) is 24.3 Å². The molecule has 1 aromatic rings. The number of hydrogen-bond donors (Lipinski definition) is 1. The Hall–Kier alpha value is -1.84. The van der Waals surface area contributed by atoms with Crippen molar-refractivity contribution in [3.8, 4) is 5.75 Å². The van der Waals surface area contributed by atoms with E-state index in [9.17, 15) is 9.59 Å². The number of methoxy groups -OCH3 is 1. The third kappa shape index (κ3) is 1.60. The molecule has 18 heavy (non-hydrogen) atoms. The van der Waals surface area contributed by atoms with Gasteiger partial charge in [-0.2, -0.15) is 0 Å². The van der Waals surface area contributed by atoms with Gasteiger partial charge in [0.05, 0.1) is 12.5 Å². The lowest BCUT2D eigenvalue weighted by atomic mass is 9.56. The summed E-state index contributed by atoms with van der Waals surface area (Å²) in [5.74, 6) is 0.648. The minimum absolute atomic E-state index is 0.0425. The zero-order chi connectivity index (χ0) is 12.8. The van der Waals surface area contributed by atoms with E-state index in [0.29, 0.717) is 19.3 Å². The second kappa shape index (κ2) is 3.83. The van der Waals surface area contributed by atoms with Crippen LogP contribution in [0.25, 0.3) is 0 Å². The first-order valence-electron chi connectivity index (χ1n) is 6.11. The monoisotopic (exact) mass is 245 g/mol. The van der Waals surface area contributed by atoms with Crippen molar-refractivity contribution in [1.82, 2.24) is 5.32 Å². The zero-order valence-corrected chi connectivity index (χ0v) is 10.2. The van der Waals surface area contributed by atoms with Crippen LogP contribution in [-0.2, 0) is 16.0 Å². The number of nitrogens with one attached hydrogen (secondary N) is 1. The van der Waals surface area contributed by atoms with Gasteiger partial charge in [-0.3, -0.25) is 14.9 Å². The minimum atomic E-state index is -0.354. The molecule has 4 rings (SSSR count). The quantitative estimate of drug-likeness (QED) is 0.816. The maximum absolute atomic E-state index is 11.9. The average Bonchev–Trinajstić information content (AvgIpc) is 2.32. The molecule has 2 bridgehead atoms. The van der Waals surface area contributed by atoms with Crippen LogP contribution in [0, 0.1) is 11.3 Å². The summed E-state index contributed by atoms with van der Waals surface area (Å²) >= 11 is 0. The fraction of sp³-hybridized carbons (Fsp3) is 0.429. The molecule has 0 atom stereocenters. The molecule has 1 aliphatic carbocycles. The number of rotatable bonds is 3. The minimum Gasteiger partial charge on any atom is -0.497 e. The van der Waals surface area contributed by atoms with Crippen LogP contribution >= 0.6 is 0 Å². The van der Waals surface area contributed by atoms with Gasteiger partial charge in [-0.25, -0.2) is 0 Å². The highest BCUT2D eigenvalue weighted by Crippen LogP contribution is 2.51. The molecule has 1 N–H and O–H groups in total. The van der Waals surface area contributed by atoms with E-state index in [2.05, 4.69) is 5.32 Å². The standard InChI is InChI=1S/C14H15NO3/c1-18-11-4-2-9(3-5-11)6-14-7-10(8-14)12(16)15-13(14)17/h2-5,10H,6-8H2,1H3,(H,15,16,17). The number of imide groups is 1. The van der Waals surface area contributed by atoms with Gasteiger partial charge in [-0.1, -0.05) is 12.1 Å². The molecule has 4 nitrogen and oxygen atoms in total. The Morgan fingerprint density at radius 3 is 2.50 bits per heavy atom. The van der Waals surface area contributed by atoms with Crippen molar-refractivity contribution in [3.63, 3.8) is 0 Å². The Morgan fingerprint density at radius 2 is 1.94 bits per heavy atom. The maximum Gasteiger partial charge on any atom is 0.233 e. The van der Waals surface area contributed by atoms with Crippen molar-refractivity contribution in [2.45, 2.75) is 19.3 Å². The predicted octanol–water partition coefficient (Wildman–Crippen LogP) is 1.29. The van der Waals surface area contributed by atoms with E-state index < -0.39 is 0 Å². The largest absolute Gasteiger partial charge is 0.497 e. The van der Waals surface area contributed by atoms with Gasteiger partial charge in [0, 0.05) is 5.92 Å². The molecule has 0 unspecified atom stereocenters. The number of hydrogen-bond acceptors (Lipinski definition) is 3. The highest BCUT2D eigenvalue weighted by atomic mass is 16.5. The van der Waals surface area contributed by atoms with Gasteiger partial charge in [0.15, 0.2) is 0 Å². The van der Waals surface area contributed by atoms with Crippen molar-refractivity contribution in [2.24, 2.45) is 11.3 Å². The molecule has 0 radical (unpaired) electrons. The first kappa shape index (κ1) is 11.3. The number of carbonyl (C=O) groups excluding carboxylic acids is 2. The molecule has 0 aromatic heterocycles. The van der Waals surface area contributed by atoms with Crippen molar-refractivity contribution < 1.29 is 14.3 Å². The van der Waals surface area contributed by atoms with E-state index in [4.69, 9.17) is 4.74 Å². The third-order valence-corrected chi connectivity index (χ3v) is 4.07. The van der Waals surface area contributed by atoms with E-state index >= 15 is 0 Å². The lowest BCUT2D eigenvalue weighted by Gasteiger charge is -2.49. The molecular weight excluding hydrogens is 230 g/mol. The van der Waals surface area contributed by atoms with Crippen LogP contribution in [-0.4, -0.2) is 18.9 Å². The summed E-state index contributed by atoms with van der Waals surface area (Å²) in [4.78, 5) is 23.3. The zero-order valence-electron chi connectivity index (χ0n) is 10.2. The highest BCUT2D eigenvalue weighted by molar-refractivity contribution is 6.05. The number of ether oxygens (including phenoxy) is 1. The van der Waals surface area contributed by atoms with E-state index in [1.807, 2.05) is 24.3 Å². The van der Waals surface area contributed by atoms with Crippen LogP contribution in [0.4, 0.5) is 0 Å². The maximum atomic E-state index is 11.9. The topological polar surface area (TPSA) is 55.4 Å². The van der Waals surface area contributed by atoms with Gasteiger partial charge in [0.2, 0.25) is 11.8 Å². The Balaban J connectivity index is 1.76. The van der Waals surface area contributed by atoms with Crippen molar-refractivity contribution in [2.75, 3.05) is 7.11 Å². The second-order valence-corrected chi connectivity index (χ2v) is 5.23. The van der Waals surface area contributed by atoms with Crippen molar-refractivity contribution in [3.05, 3.63) is 29.8 Å². The average molecular weight is 245 g/mol. The summed E-state index contributed by atoms with van der Waals surface area (Å²) in [5.41, 5.74) is 0.756. The van der Waals surface area contributed by atoms with Crippen LogP contribution < -0.4 is 10.1 Å². The lowest BCUT2D eigenvalue weighted by molar-refractivity contribution is -0.158. The highest BCUT2D eigenvalue weighted by Gasteiger charge is 2.57. The summed E-state index contributed by atoms with van der Waals surface area (Å²) in [6, 6.07) is 7.75. The Labute approximate surface area is 105 Å². The van der Waals surface area contributed by atoms with E-state index in [1.165, 1.54) is 0 Å². The van der Waals surface area contributed by atoms with Gasteiger partial charge >= 0.3 is 0 Å². The number of benzene rings is 1. The van der Waals surface area contributed by atoms with Gasteiger partial charge in [0.1, 0.15) is 5.75 Å². The Kier molecular flexibility index (Phi) is 2.40. The van der Waals surface area contributed by atoms with E-state index in [1.54, 1.807) is 7.11 Å². The number of piperidine rings is 2. The third-order valence-electron chi connectivity index (χ3n) is 4.07. The molecule has 2 aliphatic heterocycles. The summed E-state index contributed by atoms with van der Waals surface area (Å²) < 4.78 is 5.11. The number of fused-ring (bicyclic) bond motifs is 2. The SMILES string of the molecule is COc1ccc(CC23CC(C2)C(=O)NC3=O)cc1. The fourth-order valence-corrected chi connectivity index (χ4v) is 2.96. The molecular formula is C14H15NO3. The van der Waals surface area contributed by atoms with E-state index in [-0.39, 0.29) is 23.1 Å². The Bertz CT molecular complexity index is 500. The summed E-state index contributed by atoms with van der Waals surface area (Å²) in [5, 5.41) is 2.46. The van der Waals surface area contributed by atoms with Gasteiger partial charge in [-0.15, -0.1) is 0 Å². The normalized spacial score (nSPS) is 29.5. The summed E-state index contributed by atoms with van der Waals surface area (Å²) in [6.07, 6.45) is 2.10. The molecule has 2 heterocycles. The molecule has 0 spiro atoms. The molecule has 3 aliphatic rings. The molecule has 3 fully saturated rings. The van der Waals surface area contributed by atoms with Crippen LogP contribution in [0.1, 0.15) is 18.4 Å². The van der Waals surface area contributed by atoms with Crippen LogP contribution in [0.5, 0.6) is 5.75 Å². The molecule has 2 saturated heterocycles. The smallest absolute Gasteiger partial charge is 0.233 e. The van der Waals surface area contributed by atoms with Crippen molar-refractivity contribution in [1.29, 1.82) is 0 Å². The number of amides is 2. The fourth-order valence-electron chi connectivity index (χ4n) is 2.96. The van der Waals surface area contributed by atoms with Crippen LogP contribution in [0.2, 0.25) is 0 Å². The molecule has 1 saturated carbocycles. The summed E-state index contributed by atoms with van der Waals surface area (Å²) in [6.45, 7) is 0. The lowest BCUT2D eigenvalue weighted by Crippen LogP contribution is -2.62. The van der Waals surface area contributed by atoms with Crippen molar-refractivity contribution >= 4 is 11.8 Å². The molecule has 94 valence electrons. The van der Waals surface area contributed by atoms with Crippen LogP contribution in [0.3, 0.4) is 0 Å². The second-order valence-electron chi connectivity index (χ2n) is 5.23. The number of carbonyl (C=O) groups is 2.